The second kappa shape index (κ2) is 7.33. The van der Waals surface area contributed by atoms with Crippen LogP contribution in [0, 0.1) is 0 Å². The number of hydrogen-bond donors (Lipinski definition) is 0. The van der Waals surface area contributed by atoms with Gasteiger partial charge in [-0.25, -0.2) is 9.59 Å². The zero-order valence-corrected chi connectivity index (χ0v) is 11.1. The monoisotopic (exact) mass is 264 g/mol. The molecule has 0 atom stereocenters. The number of carbonyl (C=O) groups excluding carboxylic acids is 2. The molecule has 0 bridgehead atoms. The SMILES string of the molecule is COCC(=O)Oc1ccccc1OC(=O)C=C(C)C. The van der Waals surface area contributed by atoms with E-state index < -0.39 is 11.9 Å². The Kier molecular flexibility index (Phi) is 5.75. The average Bonchev–Trinajstić information content (AvgIpc) is 2.30. The molecule has 0 unspecified atom stereocenters. The molecule has 0 spiro atoms. The van der Waals surface area contributed by atoms with Gasteiger partial charge in [-0.05, 0) is 26.0 Å². The number of rotatable bonds is 5. The molecule has 1 aromatic carbocycles. The molecule has 0 aromatic heterocycles. The fourth-order valence-corrected chi connectivity index (χ4v) is 1.26. The number of para-hydroxylation sites is 2. The van der Waals surface area contributed by atoms with Gasteiger partial charge in [-0.15, -0.1) is 0 Å². The van der Waals surface area contributed by atoms with Crippen molar-refractivity contribution in [3.8, 4) is 11.5 Å². The Morgan fingerprint density at radius 3 is 2.21 bits per heavy atom. The van der Waals surface area contributed by atoms with Crippen LogP contribution in [0.15, 0.2) is 35.9 Å². The molecule has 19 heavy (non-hydrogen) atoms. The minimum absolute atomic E-state index is 0.170. The predicted octanol–water partition coefficient (Wildman–Crippen LogP) is 2.11. The number of esters is 2. The summed E-state index contributed by atoms with van der Waals surface area (Å²) in [6, 6.07) is 6.44. The number of allylic oxidation sites excluding steroid dienone is 1. The summed E-state index contributed by atoms with van der Waals surface area (Å²) in [5, 5.41) is 0. The molecule has 0 heterocycles. The van der Waals surface area contributed by atoms with Crippen molar-refractivity contribution < 1.29 is 23.8 Å². The average molecular weight is 264 g/mol. The maximum absolute atomic E-state index is 11.5. The fourth-order valence-electron chi connectivity index (χ4n) is 1.26. The number of ether oxygens (including phenoxy) is 3. The Labute approximate surface area is 111 Å². The van der Waals surface area contributed by atoms with Crippen LogP contribution in [0.2, 0.25) is 0 Å². The highest BCUT2D eigenvalue weighted by Gasteiger charge is 2.11. The molecule has 1 rings (SSSR count). The quantitative estimate of drug-likeness (QED) is 0.463. The third kappa shape index (κ3) is 5.35. The van der Waals surface area contributed by atoms with Gasteiger partial charge in [0.1, 0.15) is 6.61 Å². The van der Waals surface area contributed by atoms with Gasteiger partial charge in [-0.2, -0.15) is 0 Å². The van der Waals surface area contributed by atoms with E-state index in [1.165, 1.54) is 13.2 Å². The van der Waals surface area contributed by atoms with Crippen LogP contribution in [0.5, 0.6) is 11.5 Å². The molecule has 102 valence electrons. The lowest BCUT2D eigenvalue weighted by Gasteiger charge is -2.09. The van der Waals surface area contributed by atoms with E-state index >= 15 is 0 Å². The molecule has 0 aliphatic heterocycles. The standard InChI is InChI=1S/C14H16O5/c1-10(2)8-13(15)18-11-6-4-5-7-12(11)19-14(16)9-17-3/h4-8H,9H2,1-3H3. The normalized spacial score (nSPS) is 9.63. The highest BCUT2D eigenvalue weighted by atomic mass is 16.6. The predicted molar refractivity (Wildman–Crippen MR) is 69.0 cm³/mol. The number of carbonyl (C=O) groups is 2. The lowest BCUT2D eigenvalue weighted by molar-refractivity contribution is -0.139. The number of benzene rings is 1. The first-order valence-corrected chi connectivity index (χ1v) is 5.68. The van der Waals surface area contributed by atoms with Gasteiger partial charge < -0.3 is 14.2 Å². The van der Waals surface area contributed by atoms with Gasteiger partial charge in [0.25, 0.3) is 0 Å². The topological polar surface area (TPSA) is 61.8 Å². The van der Waals surface area contributed by atoms with Crippen LogP contribution < -0.4 is 9.47 Å². The van der Waals surface area contributed by atoms with Crippen molar-refractivity contribution in [2.45, 2.75) is 13.8 Å². The van der Waals surface area contributed by atoms with Gasteiger partial charge in [0, 0.05) is 13.2 Å². The molecule has 5 nitrogen and oxygen atoms in total. The van der Waals surface area contributed by atoms with Crippen molar-refractivity contribution in [2.75, 3.05) is 13.7 Å². The Morgan fingerprint density at radius 2 is 1.68 bits per heavy atom. The van der Waals surface area contributed by atoms with Crippen LogP contribution in [0.3, 0.4) is 0 Å². The van der Waals surface area contributed by atoms with E-state index in [4.69, 9.17) is 9.47 Å². The van der Waals surface area contributed by atoms with Crippen molar-refractivity contribution in [2.24, 2.45) is 0 Å². The number of hydrogen-bond acceptors (Lipinski definition) is 5. The molecule has 0 saturated heterocycles. The second-order valence-corrected chi connectivity index (χ2v) is 4.00. The third-order valence-corrected chi connectivity index (χ3v) is 1.95. The largest absolute Gasteiger partial charge is 0.421 e. The first-order valence-electron chi connectivity index (χ1n) is 5.68. The minimum Gasteiger partial charge on any atom is -0.421 e. The van der Waals surface area contributed by atoms with E-state index in [1.54, 1.807) is 38.1 Å². The van der Waals surface area contributed by atoms with E-state index in [1.807, 2.05) is 0 Å². The maximum Gasteiger partial charge on any atom is 0.337 e. The van der Waals surface area contributed by atoms with Crippen molar-refractivity contribution >= 4 is 11.9 Å². The van der Waals surface area contributed by atoms with Crippen LogP contribution in [-0.2, 0) is 14.3 Å². The smallest absolute Gasteiger partial charge is 0.337 e. The van der Waals surface area contributed by atoms with Gasteiger partial charge >= 0.3 is 11.9 Å². The van der Waals surface area contributed by atoms with Crippen molar-refractivity contribution in [1.29, 1.82) is 0 Å². The van der Waals surface area contributed by atoms with Crippen molar-refractivity contribution in [3.63, 3.8) is 0 Å². The molecule has 0 fully saturated rings. The van der Waals surface area contributed by atoms with E-state index in [0.717, 1.165) is 5.57 Å². The van der Waals surface area contributed by atoms with Gasteiger partial charge in [0.15, 0.2) is 11.5 Å². The van der Waals surface area contributed by atoms with Crippen LogP contribution >= 0.6 is 0 Å². The highest BCUT2D eigenvalue weighted by molar-refractivity contribution is 5.85. The zero-order chi connectivity index (χ0) is 14.3. The summed E-state index contributed by atoms with van der Waals surface area (Å²) in [6.45, 7) is 3.40. The van der Waals surface area contributed by atoms with Gasteiger partial charge in [-0.1, -0.05) is 17.7 Å². The minimum atomic E-state index is -0.562. The lowest BCUT2D eigenvalue weighted by atomic mass is 10.3. The summed E-state index contributed by atoms with van der Waals surface area (Å²) in [5.74, 6) is -0.710. The first-order chi connectivity index (χ1) is 9.02. The van der Waals surface area contributed by atoms with Crippen LogP contribution in [0.1, 0.15) is 13.8 Å². The summed E-state index contributed by atoms with van der Waals surface area (Å²) >= 11 is 0. The molecular formula is C14H16O5. The van der Waals surface area contributed by atoms with E-state index in [9.17, 15) is 9.59 Å². The molecule has 0 saturated carbocycles. The van der Waals surface area contributed by atoms with Gasteiger partial charge in [0.05, 0.1) is 0 Å². The molecule has 0 radical (unpaired) electrons. The summed E-state index contributed by atoms with van der Waals surface area (Å²) in [4.78, 5) is 22.9. The Balaban J connectivity index is 2.81. The summed E-state index contributed by atoms with van der Waals surface area (Å²) in [7, 11) is 1.39. The number of methoxy groups -OCH3 is 1. The molecular weight excluding hydrogens is 248 g/mol. The van der Waals surface area contributed by atoms with E-state index in [2.05, 4.69) is 4.74 Å². The fraction of sp³-hybridized carbons (Fsp3) is 0.286. The molecule has 1 aromatic rings. The Bertz CT molecular complexity index is 486. The first kappa shape index (κ1) is 14.9. The van der Waals surface area contributed by atoms with Gasteiger partial charge in [0.2, 0.25) is 0 Å². The lowest BCUT2D eigenvalue weighted by Crippen LogP contribution is -2.15. The third-order valence-electron chi connectivity index (χ3n) is 1.95. The molecule has 0 N–H and O–H groups in total. The van der Waals surface area contributed by atoms with Gasteiger partial charge in [-0.3, -0.25) is 0 Å². The Morgan fingerprint density at radius 1 is 1.11 bits per heavy atom. The van der Waals surface area contributed by atoms with Crippen LogP contribution in [0.4, 0.5) is 0 Å². The van der Waals surface area contributed by atoms with Crippen molar-refractivity contribution in [3.05, 3.63) is 35.9 Å². The molecule has 0 aliphatic rings. The van der Waals surface area contributed by atoms with Crippen LogP contribution in [-0.4, -0.2) is 25.7 Å². The van der Waals surface area contributed by atoms with E-state index in [0.29, 0.717) is 0 Å². The summed E-state index contributed by atoms with van der Waals surface area (Å²) in [5.41, 5.74) is 0.818. The van der Waals surface area contributed by atoms with Crippen LogP contribution in [0.25, 0.3) is 0 Å². The second-order valence-electron chi connectivity index (χ2n) is 4.00. The maximum atomic E-state index is 11.5. The Hall–Kier alpha value is -2.14. The highest BCUT2D eigenvalue weighted by Crippen LogP contribution is 2.26. The van der Waals surface area contributed by atoms with Crippen molar-refractivity contribution in [1.82, 2.24) is 0 Å². The summed E-state index contributed by atoms with van der Waals surface area (Å²) in [6.07, 6.45) is 1.35. The zero-order valence-electron chi connectivity index (χ0n) is 11.1. The molecule has 0 amide bonds. The van der Waals surface area contributed by atoms with E-state index in [-0.39, 0.29) is 18.1 Å². The summed E-state index contributed by atoms with van der Waals surface area (Å²) < 4.78 is 14.8. The molecule has 5 heteroatoms. The molecule has 0 aliphatic carbocycles.